The molecule has 1 saturated heterocycles. The number of β-amino-alcohol motifs (C(OH)–C–C–N with tert-alkyl or cyclic N) is 1. The highest BCUT2D eigenvalue weighted by molar-refractivity contribution is 4.90. The molecule has 0 aromatic carbocycles. The van der Waals surface area contributed by atoms with Gasteiger partial charge in [-0.15, -0.1) is 0 Å². The molecule has 3 heteroatoms. The van der Waals surface area contributed by atoms with Crippen molar-refractivity contribution in [1.29, 1.82) is 0 Å². The first kappa shape index (κ1) is 13.3. The van der Waals surface area contributed by atoms with Crippen LogP contribution in [0.3, 0.4) is 0 Å². The highest BCUT2D eigenvalue weighted by Gasteiger charge is 2.36. The quantitative estimate of drug-likeness (QED) is 0.790. The number of likely N-dealkylation sites (tertiary alicyclic amines) is 1. The maximum Gasteiger partial charge on any atom is 0.0867 e. The van der Waals surface area contributed by atoms with Crippen LogP contribution in [-0.2, 0) is 0 Å². The molecule has 0 aromatic rings. The molecule has 0 aromatic heterocycles. The molecule has 0 bridgehead atoms. The number of nitrogens with zero attached hydrogens (tertiary/aromatic N) is 1. The number of rotatable bonds is 3. The average Bonchev–Trinajstić information content (AvgIpc) is 2.34. The lowest BCUT2D eigenvalue weighted by Crippen LogP contribution is -2.50. The van der Waals surface area contributed by atoms with Crippen LogP contribution in [0.4, 0.5) is 0 Å². The second-order valence-corrected chi connectivity index (χ2v) is 6.54. The number of aliphatic hydroxyl groups is 1. The summed E-state index contributed by atoms with van der Waals surface area (Å²) >= 11 is 0. The van der Waals surface area contributed by atoms with Crippen molar-refractivity contribution in [3.63, 3.8) is 0 Å². The molecule has 1 aliphatic heterocycles. The lowest BCUT2D eigenvalue weighted by Gasteiger charge is -2.45. The van der Waals surface area contributed by atoms with Crippen molar-refractivity contribution in [2.75, 3.05) is 26.2 Å². The lowest BCUT2D eigenvalue weighted by molar-refractivity contribution is -0.00409. The molecule has 1 spiro atoms. The van der Waals surface area contributed by atoms with Gasteiger partial charge in [0, 0.05) is 13.1 Å². The Kier molecular flexibility index (Phi) is 4.11. The van der Waals surface area contributed by atoms with E-state index in [1.165, 1.54) is 44.9 Å². The second-order valence-electron chi connectivity index (χ2n) is 6.54. The van der Waals surface area contributed by atoms with Crippen molar-refractivity contribution < 1.29 is 5.11 Å². The zero-order valence-corrected chi connectivity index (χ0v) is 11.2. The molecule has 2 fully saturated rings. The first-order chi connectivity index (χ1) is 8.05. The summed E-state index contributed by atoms with van der Waals surface area (Å²) in [5.41, 5.74) is 5.53. The van der Waals surface area contributed by atoms with Crippen molar-refractivity contribution in [2.24, 2.45) is 11.1 Å². The summed E-state index contributed by atoms with van der Waals surface area (Å²) < 4.78 is 0. The molecule has 2 aliphatic rings. The van der Waals surface area contributed by atoms with Crippen LogP contribution < -0.4 is 5.73 Å². The van der Waals surface area contributed by atoms with E-state index in [0.717, 1.165) is 19.6 Å². The third-order valence-electron chi connectivity index (χ3n) is 4.83. The molecule has 1 atom stereocenters. The van der Waals surface area contributed by atoms with E-state index in [4.69, 9.17) is 5.73 Å². The van der Waals surface area contributed by atoms with Crippen LogP contribution in [0.25, 0.3) is 0 Å². The Balaban J connectivity index is 1.81. The van der Waals surface area contributed by atoms with E-state index in [1.807, 2.05) is 6.92 Å². The summed E-state index contributed by atoms with van der Waals surface area (Å²) in [5, 5.41) is 10.0. The first-order valence-electron chi connectivity index (χ1n) is 7.20. The van der Waals surface area contributed by atoms with E-state index in [-0.39, 0.29) is 0 Å². The average molecular weight is 240 g/mol. The Labute approximate surface area is 105 Å². The first-order valence-corrected chi connectivity index (χ1v) is 7.20. The minimum atomic E-state index is -0.711. The zero-order chi connectivity index (χ0) is 12.4. The van der Waals surface area contributed by atoms with Gasteiger partial charge in [-0.25, -0.2) is 0 Å². The van der Waals surface area contributed by atoms with Crippen LogP contribution in [0, 0.1) is 5.41 Å². The maximum atomic E-state index is 10.0. The number of hydrogen-bond donors (Lipinski definition) is 2. The fourth-order valence-electron chi connectivity index (χ4n) is 3.53. The third-order valence-corrected chi connectivity index (χ3v) is 4.83. The Morgan fingerprint density at radius 2 is 1.71 bits per heavy atom. The van der Waals surface area contributed by atoms with E-state index in [1.54, 1.807) is 0 Å². The number of hydrogen-bond acceptors (Lipinski definition) is 3. The zero-order valence-electron chi connectivity index (χ0n) is 11.2. The number of piperidine rings is 1. The summed E-state index contributed by atoms with van der Waals surface area (Å²) in [6.07, 6.45) is 9.83. The molecule has 1 unspecified atom stereocenters. The van der Waals surface area contributed by atoms with Crippen LogP contribution in [-0.4, -0.2) is 41.8 Å². The van der Waals surface area contributed by atoms with Gasteiger partial charge in [0.05, 0.1) is 5.60 Å². The van der Waals surface area contributed by atoms with Crippen LogP contribution >= 0.6 is 0 Å². The molecule has 100 valence electrons. The van der Waals surface area contributed by atoms with Gasteiger partial charge >= 0.3 is 0 Å². The molecule has 17 heavy (non-hydrogen) atoms. The van der Waals surface area contributed by atoms with Gasteiger partial charge in [-0.05, 0) is 51.1 Å². The fourth-order valence-corrected chi connectivity index (χ4v) is 3.53. The van der Waals surface area contributed by atoms with Crippen molar-refractivity contribution >= 4 is 0 Å². The molecule has 3 N–H and O–H groups in total. The van der Waals surface area contributed by atoms with E-state index >= 15 is 0 Å². The second kappa shape index (κ2) is 5.25. The molecule has 3 nitrogen and oxygen atoms in total. The Hall–Kier alpha value is -0.120. The van der Waals surface area contributed by atoms with Crippen molar-refractivity contribution in [1.82, 2.24) is 4.90 Å². The molecular weight excluding hydrogens is 212 g/mol. The Bertz CT molecular complexity index is 237. The smallest absolute Gasteiger partial charge is 0.0867 e. The van der Waals surface area contributed by atoms with Gasteiger partial charge < -0.3 is 15.7 Å². The van der Waals surface area contributed by atoms with E-state index < -0.39 is 5.60 Å². The molecular formula is C14H28N2O. The van der Waals surface area contributed by atoms with E-state index in [9.17, 15) is 5.11 Å². The van der Waals surface area contributed by atoms with Crippen LogP contribution in [0.2, 0.25) is 0 Å². The van der Waals surface area contributed by atoms with Crippen LogP contribution in [0.1, 0.15) is 51.9 Å². The predicted molar refractivity (Wildman–Crippen MR) is 70.9 cm³/mol. The lowest BCUT2D eigenvalue weighted by atomic mass is 9.68. The highest BCUT2D eigenvalue weighted by atomic mass is 16.3. The van der Waals surface area contributed by atoms with E-state index in [0.29, 0.717) is 12.0 Å². The van der Waals surface area contributed by atoms with Gasteiger partial charge in [0.1, 0.15) is 0 Å². The van der Waals surface area contributed by atoms with Crippen LogP contribution in [0.5, 0.6) is 0 Å². The largest absolute Gasteiger partial charge is 0.388 e. The summed E-state index contributed by atoms with van der Waals surface area (Å²) in [6.45, 7) is 5.23. The normalized spacial score (nSPS) is 29.1. The summed E-state index contributed by atoms with van der Waals surface area (Å²) in [7, 11) is 0. The van der Waals surface area contributed by atoms with Gasteiger partial charge in [0.15, 0.2) is 0 Å². The molecule has 1 saturated carbocycles. The van der Waals surface area contributed by atoms with Gasteiger partial charge in [-0.2, -0.15) is 0 Å². The van der Waals surface area contributed by atoms with Gasteiger partial charge in [0.25, 0.3) is 0 Å². The Morgan fingerprint density at radius 3 is 2.24 bits per heavy atom. The topological polar surface area (TPSA) is 49.5 Å². The molecule has 0 radical (unpaired) electrons. The van der Waals surface area contributed by atoms with E-state index in [2.05, 4.69) is 4.90 Å². The molecule has 0 amide bonds. The highest BCUT2D eigenvalue weighted by Crippen LogP contribution is 2.44. The maximum absolute atomic E-state index is 10.0. The monoisotopic (exact) mass is 240 g/mol. The Morgan fingerprint density at radius 1 is 1.12 bits per heavy atom. The summed E-state index contributed by atoms with van der Waals surface area (Å²) in [5.74, 6) is 0. The van der Waals surface area contributed by atoms with Crippen molar-refractivity contribution in [3.05, 3.63) is 0 Å². The minimum Gasteiger partial charge on any atom is -0.388 e. The van der Waals surface area contributed by atoms with Gasteiger partial charge in [0.2, 0.25) is 0 Å². The fraction of sp³-hybridized carbons (Fsp3) is 1.00. The molecule has 1 heterocycles. The van der Waals surface area contributed by atoms with Gasteiger partial charge in [-0.3, -0.25) is 0 Å². The minimum absolute atomic E-state index is 0.356. The molecule has 1 aliphatic carbocycles. The summed E-state index contributed by atoms with van der Waals surface area (Å²) in [6, 6.07) is 0. The standard InChI is InChI=1S/C14H28N2O/c1-13(17,11-15)12-16-9-7-14(8-10-16)5-3-2-4-6-14/h17H,2-12,15H2,1H3. The number of nitrogens with two attached hydrogens (primary N) is 1. The van der Waals surface area contributed by atoms with Crippen molar-refractivity contribution in [2.45, 2.75) is 57.5 Å². The van der Waals surface area contributed by atoms with Crippen molar-refractivity contribution in [3.8, 4) is 0 Å². The predicted octanol–water partition coefficient (Wildman–Crippen LogP) is 1.74. The molecule has 2 rings (SSSR count). The SMILES string of the molecule is CC(O)(CN)CN1CCC2(CCCCC2)CC1. The van der Waals surface area contributed by atoms with Crippen LogP contribution in [0.15, 0.2) is 0 Å². The third kappa shape index (κ3) is 3.43. The van der Waals surface area contributed by atoms with Gasteiger partial charge in [-0.1, -0.05) is 19.3 Å². The summed E-state index contributed by atoms with van der Waals surface area (Å²) in [4.78, 5) is 2.40.